The molecule has 0 spiro atoms. The number of aromatic nitrogens is 4. The van der Waals surface area contributed by atoms with E-state index in [-0.39, 0.29) is 0 Å². The van der Waals surface area contributed by atoms with E-state index < -0.39 is 0 Å². The number of aryl methyl sites for hydroxylation is 2. The lowest BCUT2D eigenvalue weighted by Crippen LogP contribution is -2.03. The lowest BCUT2D eigenvalue weighted by atomic mass is 10.2. The van der Waals surface area contributed by atoms with E-state index in [0.29, 0.717) is 16.6 Å². The van der Waals surface area contributed by atoms with Crippen LogP contribution in [0.15, 0.2) is 48.8 Å². The minimum absolute atomic E-state index is 0.641. The average molecular weight is 385 g/mol. The Morgan fingerprint density at radius 2 is 1.81 bits per heavy atom. The predicted molar refractivity (Wildman–Crippen MR) is 106 cm³/mol. The molecule has 4 rings (SSSR count). The van der Waals surface area contributed by atoms with Crippen LogP contribution >= 0.6 is 23.2 Å². The van der Waals surface area contributed by atoms with Crippen LogP contribution in [0.2, 0.25) is 10.0 Å². The summed E-state index contributed by atoms with van der Waals surface area (Å²) in [5, 5.41) is 1.40. The number of fused-ring (bicyclic) bond motifs is 1. The van der Waals surface area contributed by atoms with Gasteiger partial charge in [-0.1, -0.05) is 29.3 Å². The lowest BCUT2D eigenvalue weighted by Gasteiger charge is -2.10. The Labute approximate surface area is 162 Å². The third-order valence-corrected chi connectivity index (χ3v) is 5.22. The molecule has 2 aromatic carbocycles. The zero-order valence-corrected chi connectivity index (χ0v) is 16.1. The predicted octanol–water partition coefficient (Wildman–Crippen LogP) is 5.25. The Hall–Kier alpha value is -2.30. The molecule has 4 aromatic rings. The normalized spacial score (nSPS) is 11.4. The number of rotatable bonds is 4. The Balaban J connectivity index is 1.69. The molecule has 0 bridgehead atoms. The van der Waals surface area contributed by atoms with E-state index >= 15 is 0 Å². The number of hydrogen-bond acceptors (Lipinski definition) is 2. The number of halogens is 2. The Bertz CT molecular complexity index is 1090. The van der Waals surface area contributed by atoms with Gasteiger partial charge in [0.15, 0.2) is 0 Å². The first-order valence-corrected chi connectivity index (χ1v) is 9.14. The topological polar surface area (TPSA) is 35.6 Å². The number of benzene rings is 2. The fourth-order valence-electron chi connectivity index (χ4n) is 3.20. The molecular formula is C20H18Cl2N4. The van der Waals surface area contributed by atoms with Crippen LogP contribution in [0.1, 0.15) is 22.8 Å². The van der Waals surface area contributed by atoms with Gasteiger partial charge >= 0.3 is 0 Å². The van der Waals surface area contributed by atoms with Crippen LogP contribution in [0, 0.1) is 13.8 Å². The summed E-state index contributed by atoms with van der Waals surface area (Å²) in [5.74, 6) is 1.95. The highest BCUT2D eigenvalue weighted by molar-refractivity contribution is 6.33. The molecule has 0 fully saturated rings. The van der Waals surface area contributed by atoms with E-state index in [1.54, 1.807) is 6.07 Å². The van der Waals surface area contributed by atoms with Gasteiger partial charge in [0.05, 0.1) is 17.6 Å². The molecule has 0 saturated carbocycles. The molecular weight excluding hydrogens is 367 g/mol. The zero-order chi connectivity index (χ0) is 18.3. The summed E-state index contributed by atoms with van der Waals surface area (Å²) in [4.78, 5) is 9.01. The number of hydrogen-bond donors (Lipinski definition) is 0. The SMILES string of the molecule is Cc1nccn1Cc1ccc2c(c1)nc(C)n2Cc1cc(Cl)ccc1Cl. The van der Waals surface area contributed by atoms with Gasteiger partial charge in [0, 0.05) is 29.0 Å². The van der Waals surface area contributed by atoms with Crippen molar-refractivity contribution in [1.29, 1.82) is 0 Å². The maximum Gasteiger partial charge on any atom is 0.107 e. The monoisotopic (exact) mass is 384 g/mol. The Kier molecular flexibility index (Phi) is 4.47. The molecule has 2 aromatic heterocycles. The van der Waals surface area contributed by atoms with E-state index in [9.17, 15) is 0 Å². The summed E-state index contributed by atoms with van der Waals surface area (Å²) >= 11 is 12.5. The molecule has 132 valence electrons. The fraction of sp³-hybridized carbons (Fsp3) is 0.200. The largest absolute Gasteiger partial charge is 0.331 e. The van der Waals surface area contributed by atoms with Crippen LogP contribution in [0.3, 0.4) is 0 Å². The van der Waals surface area contributed by atoms with Gasteiger partial charge < -0.3 is 9.13 Å². The number of nitrogens with zero attached hydrogens (tertiary/aromatic N) is 4. The van der Waals surface area contributed by atoms with Crippen LogP contribution in [-0.2, 0) is 13.1 Å². The molecule has 0 aliphatic heterocycles. The Morgan fingerprint density at radius 1 is 0.962 bits per heavy atom. The van der Waals surface area contributed by atoms with Gasteiger partial charge in [-0.3, -0.25) is 0 Å². The minimum Gasteiger partial charge on any atom is -0.331 e. The molecule has 0 N–H and O–H groups in total. The second-order valence-electron chi connectivity index (χ2n) is 6.41. The highest BCUT2D eigenvalue weighted by Gasteiger charge is 2.11. The van der Waals surface area contributed by atoms with Gasteiger partial charge in [-0.25, -0.2) is 9.97 Å². The summed E-state index contributed by atoms with van der Waals surface area (Å²) in [6, 6.07) is 11.9. The van der Waals surface area contributed by atoms with Gasteiger partial charge in [-0.2, -0.15) is 0 Å². The maximum absolute atomic E-state index is 6.34. The van der Waals surface area contributed by atoms with Crippen molar-refractivity contribution in [1.82, 2.24) is 19.1 Å². The third-order valence-electron chi connectivity index (χ3n) is 4.62. The van der Waals surface area contributed by atoms with Gasteiger partial charge in [-0.05, 0) is 55.3 Å². The first-order chi connectivity index (χ1) is 12.5. The third kappa shape index (κ3) is 3.22. The summed E-state index contributed by atoms with van der Waals surface area (Å²) in [6.07, 6.45) is 3.81. The first kappa shape index (κ1) is 17.1. The quantitative estimate of drug-likeness (QED) is 0.481. The molecule has 26 heavy (non-hydrogen) atoms. The number of imidazole rings is 2. The molecule has 0 radical (unpaired) electrons. The molecule has 0 unspecified atom stereocenters. The van der Waals surface area contributed by atoms with Crippen molar-refractivity contribution < 1.29 is 0 Å². The van der Waals surface area contributed by atoms with Crippen LogP contribution in [-0.4, -0.2) is 19.1 Å². The van der Waals surface area contributed by atoms with Crippen molar-refractivity contribution in [2.75, 3.05) is 0 Å². The van der Waals surface area contributed by atoms with Crippen molar-refractivity contribution >= 4 is 34.2 Å². The Morgan fingerprint density at radius 3 is 2.58 bits per heavy atom. The maximum atomic E-state index is 6.34. The smallest absolute Gasteiger partial charge is 0.107 e. The van der Waals surface area contributed by atoms with E-state index in [0.717, 1.165) is 34.8 Å². The molecule has 0 aliphatic carbocycles. The summed E-state index contributed by atoms with van der Waals surface area (Å²) in [5.41, 5.74) is 4.25. The molecule has 0 atom stereocenters. The zero-order valence-electron chi connectivity index (χ0n) is 14.6. The summed E-state index contributed by atoms with van der Waals surface area (Å²) < 4.78 is 4.29. The van der Waals surface area contributed by atoms with Crippen molar-refractivity contribution in [3.05, 3.63) is 81.6 Å². The second kappa shape index (κ2) is 6.78. The van der Waals surface area contributed by atoms with E-state index in [1.807, 2.05) is 38.4 Å². The van der Waals surface area contributed by atoms with Crippen molar-refractivity contribution in [3.8, 4) is 0 Å². The fourth-order valence-corrected chi connectivity index (χ4v) is 3.57. The molecule has 4 nitrogen and oxygen atoms in total. The van der Waals surface area contributed by atoms with E-state index in [2.05, 4.69) is 32.3 Å². The highest BCUT2D eigenvalue weighted by Crippen LogP contribution is 2.25. The molecule has 0 amide bonds. The van der Waals surface area contributed by atoms with Crippen LogP contribution in [0.5, 0.6) is 0 Å². The van der Waals surface area contributed by atoms with Crippen molar-refractivity contribution in [2.45, 2.75) is 26.9 Å². The van der Waals surface area contributed by atoms with Crippen LogP contribution < -0.4 is 0 Å². The molecule has 0 saturated heterocycles. The van der Waals surface area contributed by atoms with E-state index in [1.165, 1.54) is 5.56 Å². The van der Waals surface area contributed by atoms with Crippen LogP contribution in [0.25, 0.3) is 11.0 Å². The molecule has 6 heteroatoms. The van der Waals surface area contributed by atoms with Gasteiger partial charge in [-0.15, -0.1) is 0 Å². The van der Waals surface area contributed by atoms with Gasteiger partial charge in [0.1, 0.15) is 11.6 Å². The highest BCUT2D eigenvalue weighted by atomic mass is 35.5. The summed E-state index contributed by atoms with van der Waals surface area (Å²) in [6.45, 7) is 5.44. The first-order valence-electron chi connectivity index (χ1n) is 8.38. The van der Waals surface area contributed by atoms with Gasteiger partial charge in [0.2, 0.25) is 0 Å². The summed E-state index contributed by atoms with van der Waals surface area (Å²) in [7, 11) is 0. The van der Waals surface area contributed by atoms with E-state index in [4.69, 9.17) is 28.2 Å². The average Bonchev–Trinajstić information content (AvgIpc) is 3.14. The van der Waals surface area contributed by atoms with Gasteiger partial charge in [0.25, 0.3) is 0 Å². The standard InChI is InChI=1S/C20H18Cl2N4/c1-13-23-7-8-25(13)11-15-3-6-20-19(9-15)24-14(2)26(20)12-16-10-17(21)4-5-18(16)22/h3-10H,11-12H2,1-2H3. The minimum atomic E-state index is 0.641. The molecule has 0 aliphatic rings. The lowest BCUT2D eigenvalue weighted by molar-refractivity contribution is 0.762. The molecule has 2 heterocycles. The van der Waals surface area contributed by atoms with Crippen molar-refractivity contribution in [2.24, 2.45) is 0 Å². The van der Waals surface area contributed by atoms with Crippen molar-refractivity contribution in [3.63, 3.8) is 0 Å². The van der Waals surface area contributed by atoms with Crippen LogP contribution in [0.4, 0.5) is 0 Å². The second-order valence-corrected chi connectivity index (χ2v) is 7.25.